The molecule has 0 radical (unpaired) electrons. The minimum atomic E-state index is -0.249. The highest BCUT2D eigenvalue weighted by Crippen LogP contribution is 2.22. The molecule has 0 aromatic rings. The van der Waals surface area contributed by atoms with Crippen molar-refractivity contribution in [2.45, 2.75) is 13.8 Å². The van der Waals surface area contributed by atoms with E-state index in [0.29, 0.717) is 17.7 Å². The van der Waals surface area contributed by atoms with Crippen LogP contribution in [0.1, 0.15) is 13.8 Å². The fourth-order valence-electron chi connectivity index (χ4n) is 1.43. The van der Waals surface area contributed by atoms with Crippen molar-refractivity contribution in [2.75, 3.05) is 6.54 Å². The SMILES string of the molecule is C=CC1=C(/C=C\C)C(=O)N(CC)C1=O. The highest BCUT2D eigenvalue weighted by Gasteiger charge is 2.33. The van der Waals surface area contributed by atoms with Gasteiger partial charge < -0.3 is 0 Å². The summed E-state index contributed by atoms with van der Waals surface area (Å²) >= 11 is 0. The topological polar surface area (TPSA) is 37.4 Å². The number of likely N-dealkylation sites (N-methyl/N-ethyl adjacent to an activating group) is 1. The Kier molecular flexibility index (Phi) is 3.02. The zero-order valence-electron chi connectivity index (χ0n) is 8.41. The third-order valence-electron chi connectivity index (χ3n) is 2.09. The summed E-state index contributed by atoms with van der Waals surface area (Å²) in [5.41, 5.74) is 0.837. The van der Waals surface area contributed by atoms with Crippen molar-refractivity contribution < 1.29 is 9.59 Å². The molecule has 0 saturated carbocycles. The molecule has 0 fully saturated rings. The molecule has 0 aromatic carbocycles. The molecule has 0 bridgehead atoms. The zero-order valence-corrected chi connectivity index (χ0v) is 8.41. The Morgan fingerprint density at radius 2 is 1.86 bits per heavy atom. The fourth-order valence-corrected chi connectivity index (χ4v) is 1.43. The lowest BCUT2D eigenvalue weighted by Crippen LogP contribution is -2.31. The monoisotopic (exact) mass is 191 g/mol. The summed E-state index contributed by atoms with van der Waals surface area (Å²) in [6, 6.07) is 0. The molecule has 1 aliphatic heterocycles. The molecule has 1 aliphatic rings. The van der Waals surface area contributed by atoms with Crippen LogP contribution in [0.3, 0.4) is 0 Å². The summed E-state index contributed by atoms with van der Waals surface area (Å²) in [4.78, 5) is 24.5. The molecule has 0 aromatic heterocycles. The molecular weight excluding hydrogens is 178 g/mol. The molecule has 2 amide bonds. The van der Waals surface area contributed by atoms with Crippen molar-refractivity contribution in [1.29, 1.82) is 0 Å². The first-order valence-electron chi connectivity index (χ1n) is 4.53. The van der Waals surface area contributed by atoms with Crippen LogP contribution in [-0.2, 0) is 9.59 Å². The van der Waals surface area contributed by atoms with E-state index in [2.05, 4.69) is 6.58 Å². The van der Waals surface area contributed by atoms with E-state index in [1.165, 1.54) is 11.0 Å². The Balaban J connectivity index is 3.20. The molecule has 3 nitrogen and oxygen atoms in total. The number of allylic oxidation sites excluding steroid dienone is 1. The molecule has 0 saturated heterocycles. The molecule has 0 N–H and O–H groups in total. The van der Waals surface area contributed by atoms with Gasteiger partial charge in [-0.3, -0.25) is 14.5 Å². The predicted molar refractivity (Wildman–Crippen MR) is 54.4 cm³/mol. The van der Waals surface area contributed by atoms with Crippen LogP contribution >= 0.6 is 0 Å². The number of hydrogen-bond donors (Lipinski definition) is 0. The van der Waals surface area contributed by atoms with Crippen LogP contribution < -0.4 is 0 Å². The minimum absolute atomic E-state index is 0.231. The normalized spacial score (nSPS) is 17.4. The molecule has 0 atom stereocenters. The lowest BCUT2D eigenvalue weighted by molar-refractivity contribution is -0.137. The van der Waals surface area contributed by atoms with E-state index in [1.54, 1.807) is 26.0 Å². The van der Waals surface area contributed by atoms with Gasteiger partial charge in [0.05, 0.1) is 11.1 Å². The van der Waals surface area contributed by atoms with E-state index in [1.807, 2.05) is 0 Å². The number of amides is 2. The van der Waals surface area contributed by atoms with Crippen molar-refractivity contribution in [3.63, 3.8) is 0 Å². The van der Waals surface area contributed by atoms with Crippen molar-refractivity contribution in [3.05, 3.63) is 36.0 Å². The average molecular weight is 191 g/mol. The molecule has 0 spiro atoms. The second-order valence-corrected chi connectivity index (χ2v) is 2.89. The van der Waals surface area contributed by atoms with Crippen LogP contribution in [0.15, 0.2) is 36.0 Å². The summed E-state index contributed by atoms with van der Waals surface area (Å²) in [6.07, 6.45) is 4.82. The highest BCUT2D eigenvalue weighted by atomic mass is 16.2. The van der Waals surface area contributed by atoms with Crippen LogP contribution in [0, 0.1) is 0 Å². The highest BCUT2D eigenvalue weighted by molar-refractivity contribution is 6.21. The van der Waals surface area contributed by atoms with E-state index in [9.17, 15) is 9.59 Å². The number of nitrogens with zero attached hydrogens (tertiary/aromatic N) is 1. The zero-order chi connectivity index (χ0) is 10.7. The summed E-state index contributed by atoms with van der Waals surface area (Å²) in [6.45, 7) is 7.51. The van der Waals surface area contributed by atoms with E-state index in [-0.39, 0.29) is 11.8 Å². The van der Waals surface area contributed by atoms with Gasteiger partial charge in [-0.25, -0.2) is 0 Å². The maximum atomic E-state index is 11.7. The second kappa shape index (κ2) is 4.05. The smallest absolute Gasteiger partial charge is 0.261 e. The first-order valence-corrected chi connectivity index (χ1v) is 4.53. The lowest BCUT2D eigenvalue weighted by atomic mass is 10.1. The van der Waals surface area contributed by atoms with Crippen molar-refractivity contribution in [2.24, 2.45) is 0 Å². The van der Waals surface area contributed by atoms with Gasteiger partial charge in [0.1, 0.15) is 0 Å². The van der Waals surface area contributed by atoms with Gasteiger partial charge in [0.2, 0.25) is 0 Å². The molecule has 74 valence electrons. The second-order valence-electron chi connectivity index (χ2n) is 2.89. The lowest BCUT2D eigenvalue weighted by Gasteiger charge is -2.10. The molecule has 14 heavy (non-hydrogen) atoms. The average Bonchev–Trinajstić information content (AvgIpc) is 2.39. The Morgan fingerprint density at radius 3 is 2.29 bits per heavy atom. The third-order valence-corrected chi connectivity index (χ3v) is 2.09. The fraction of sp³-hybridized carbons (Fsp3) is 0.273. The third kappa shape index (κ3) is 1.41. The molecule has 0 aliphatic carbocycles. The van der Waals surface area contributed by atoms with Gasteiger partial charge in [0, 0.05) is 6.54 Å². The van der Waals surface area contributed by atoms with E-state index < -0.39 is 0 Å². The Hall–Kier alpha value is -1.64. The van der Waals surface area contributed by atoms with Gasteiger partial charge >= 0.3 is 0 Å². The van der Waals surface area contributed by atoms with Gasteiger partial charge in [0.25, 0.3) is 11.8 Å². The van der Waals surface area contributed by atoms with Crippen LogP contribution in [0.2, 0.25) is 0 Å². The van der Waals surface area contributed by atoms with Gasteiger partial charge in [-0.15, -0.1) is 0 Å². The maximum Gasteiger partial charge on any atom is 0.261 e. The Morgan fingerprint density at radius 1 is 1.29 bits per heavy atom. The van der Waals surface area contributed by atoms with Crippen molar-refractivity contribution in [3.8, 4) is 0 Å². The van der Waals surface area contributed by atoms with Crippen molar-refractivity contribution in [1.82, 2.24) is 4.90 Å². The first-order chi connectivity index (χ1) is 6.67. The van der Waals surface area contributed by atoms with Crippen LogP contribution in [0.25, 0.3) is 0 Å². The molecular formula is C11H13NO2. The van der Waals surface area contributed by atoms with E-state index >= 15 is 0 Å². The van der Waals surface area contributed by atoms with Gasteiger partial charge in [-0.05, 0) is 13.8 Å². The van der Waals surface area contributed by atoms with Crippen molar-refractivity contribution >= 4 is 11.8 Å². The number of carbonyl (C=O) groups excluding carboxylic acids is 2. The number of carbonyl (C=O) groups is 2. The Bertz CT molecular complexity index is 350. The summed E-state index contributed by atoms with van der Waals surface area (Å²) < 4.78 is 0. The molecule has 0 unspecified atom stereocenters. The van der Waals surface area contributed by atoms with Gasteiger partial charge in [-0.1, -0.05) is 24.8 Å². The summed E-state index contributed by atoms with van der Waals surface area (Å²) in [7, 11) is 0. The minimum Gasteiger partial charge on any atom is -0.275 e. The standard InChI is InChI=1S/C11H13NO2/c1-4-7-9-8(5-2)10(13)12(6-3)11(9)14/h4-5,7H,2,6H2,1,3H3/b7-4-. The van der Waals surface area contributed by atoms with Gasteiger partial charge in [-0.2, -0.15) is 0 Å². The van der Waals surface area contributed by atoms with E-state index in [4.69, 9.17) is 0 Å². The quantitative estimate of drug-likeness (QED) is 0.633. The molecule has 3 heteroatoms. The molecule has 1 heterocycles. The Labute approximate surface area is 83.4 Å². The van der Waals surface area contributed by atoms with Crippen LogP contribution in [0.4, 0.5) is 0 Å². The van der Waals surface area contributed by atoms with Crippen LogP contribution in [0.5, 0.6) is 0 Å². The van der Waals surface area contributed by atoms with Crippen LogP contribution in [-0.4, -0.2) is 23.3 Å². The molecule has 1 rings (SSSR count). The summed E-state index contributed by atoms with van der Waals surface area (Å²) in [5, 5.41) is 0. The maximum absolute atomic E-state index is 11.7. The van der Waals surface area contributed by atoms with E-state index in [0.717, 1.165) is 0 Å². The predicted octanol–water partition coefficient (Wildman–Crippen LogP) is 1.43. The van der Waals surface area contributed by atoms with Gasteiger partial charge in [0.15, 0.2) is 0 Å². The summed E-state index contributed by atoms with van der Waals surface area (Å²) in [5.74, 6) is -0.480. The first kappa shape index (κ1) is 10.4. The number of rotatable bonds is 3. The largest absolute Gasteiger partial charge is 0.275 e. The number of imide groups is 1. The number of hydrogen-bond acceptors (Lipinski definition) is 2.